The van der Waals surface area contributed by atoms with Gasteiger partial charge in [-0.2, -0.15) is 0 Å². The van der Waals surface area contributed by atoms with Crippen molar-refractivity contribution in [1.29, 1.82) is 0 Å². The molecule has 31 heavy (non-hydrogen) atoms. The molecule has 0 bridgehead atoms. The van der Waals surface area contributed by atoms with Gasteiger partial charge in [-0.15, -0.1) is 24.0 Å². The summed E-state index contributed by atoms with van der Waals surface area (Å²) in [4.78, 5) is 29.7. The van der Waals surface area contributed by atoms with Crippen molar-refractivity contribution in [2.45, 2.75) is 39.5 Å². The Morgan fingerprint density at radius 3 is 2.48 bits per heavy atom. The first-order chi connectivity index (χ1) is 14.7. The average Bonchev–Trinajstić information content (AvgIpc) is 2.79. The normalized spacial score (nSPS) is 14.2. The van der Waals surface area contributed by atoms with Crippen molar-refractivity contribution in [3.8, 4) is 0 Å². The lowest BCUT2D eigenvalue weighted by atomic mass is 10.3. The van der Waals surface area contributed by atoms with Crippen LogP contribution in [0.5, 0.6) is 0 Å². The standard InChI is InChI=1S/C21H37N7O2.HI/c1-3-5-17-30-18-7-11-23-20(22-4-2)24-12-8-19(29)27-13-15-28(16-14-27)21-25-9-6-10-26-21;/h6,9-10H,3-5,7-8,11-18H2,1-2H3,(H2,22,23,24);1H. The van der Waals surface area contributed by atoms with E-state index in [1.807, 2.05) is 17.9 Å². The molecule has 1 fully saturated rings. The van der Waals surface area contributed by atoms with Gasteiger partial charge in [0.15, 0.2) is 5.96 Å². The van der Waals surface area contributed by atoms with Crippen LogP contribution in [0, 0.1) is 0 Å². The van der Waals surface area contributed by atoms with Crippen molar-refractivity contribution in [3.63, 3.8) is 0 Å². The minimum Gasteiger partial charge on any atom is -0.381 e. The van der Waals surface area contributed by atoms with Gasteiger partial charge in [-0.25, -0.2) is 9.97 Å². The summed E-state index contributed by atoms with van der Waals surface area (Å²) in [5, 5.41) is 6.48. The molecule has 1 aliphatic rings. The molecule has 0 saturated carbocycles. The molecular weight excluding hydrogens is 509 g/mol. The van der Waals surface area contributed by atoms with Crippen molar-refractivity contribution in [2.24, 2.45) is 4.99 Å². The summed E-state index contributed by atoms with van der Waals surface area (Å²) in [5.74, 6) is 1.65. The highest BCUT2D eigenvalue weighted by molar-refractivity contribution is 14.0. The molecule has 2 heterocycles. The second kappa shape index (κ2) is 16.9. The number of unbranched alkanes of at least 4 members (excludes halogenated alkanes) is 1. The maximum absolute atomic E-state index is 12.5. The van der Waals surface area contributed by atoms with E-state index >= 15 is 0 Å². The molecule has 1 aromatic heterocycles. The van der Waals surface area contributed by atoms with Gasteiger partial charge in [-0.05, 0) is 25.8 Å². The minimum atomic E-state index is 0. The Morgan fingerprint density at radius 2 is 1.81 bits per heavy atom. The SMILES string of the molecule is CCCCOCCCN=C(NCC)NCCC(=O)N1CCN(c2ncccn2)CC1.I. The Kier molecular flexibility index (Phi) is 14.9. The van der Waals surface area contributed by atoms with Crippen LogP contribution in [0.4, 0.5) is 5.95 Å². The van der Waals surface area contributed by atoms with Crippen molar-refractivity contribution in [1.82, 2.24) is 25.5 Å². The second-order valence-electron chi connectivity index (χ2n) is 7.17. The van der Waals surface area contributed by atoms with E-state index in [-0.39, 0.29) is 29.9 Å². The summed E-state index contributed by atoms with van der Waals surface area (Å²) in [7, 11) is 0. The fourth-order valence-corrected chi connectivity index (χ4v) is 3.10. The molecule has 0 radical (unpaired) electrons. The van der Waals surface area contributed by atoms with Gasteiger partial charge in [0.2, 0.25) is 11.9 Å². The molecule has 1 aromatic rings. The van der Waals surface area contributed by atoms with Gasteiger partial charge >= 0.3 is 0 Å². The highest BCUT2D eigenvalue weighted by Gasteiger charge is 2.22. The molecule has 10 heteroatoms. The van der Waals surface area contributed by atoms with Crippen LogP contribution in [0.3, 0.4) is 0 Å². The van der Waals surface area contributed by atoms with E-state index in [2.05, 4.69) is 37.4 Å². The van der Waals surface area contributed by atoms with Gasteiger partial charge in [-0.3, -0.25) is 9.79 Å². The number of aliphatic imine (C=N–C) groups is 1. The molecule has 0 atom stereocenters. The molecule has 1 amide bonds. The van der Waals surface area contributed by atoms with Crippen LogP contribution in [0.1, 0.15) is 39.5 Å². The Morgan fingerprint density at radius 1 is 1.10 bits per heavy atom. The number of hydrogen-bond donors (Lipinski definition) is 2. The minimum absolute atomic E-state index is 0. The molecule has 0 spiro atoms. The number of piperazine rings is 1. The van der Waals surface area contributed by atoms with Crippen molar-refractivity contribution in [2.75, 3.05) is 63.9 Å². The summed E-state index contributed by atoms with van der Waals surface area (Å²) in [6.45, 7) is 10.7. The molecule has 2 N–H and O–H groups in total. The van der Waals surface area contributed by atoms with E-state index in [1.54, 1.807) is 12.4 Å². The zero-order valence-corrected chi connectivity index (χ0v) is 21.2. The monoisotopic (exact) mass is 547 g/mol. The highest BCUT2D eigenvalue weighted by atomic mass is 127. The van der Waals surface area contributed by atoms with Crippen LogP contribution in [0.15, 0.2) is 23.5 Å². The second-order valence-corrected chi connectivity index (χ2v) is 7.17. The Hall–Kier alpha value is -1.69. The fourth-order valence-electron chi connectivity index (χ4n) is 3.10. The van der Waals surface area contributed by atoms with Crippen molar-refractivity contribution < 1.29 is 9.53 Å². The molecule has 0 aliphatic carbocycles. The number of carbonyl (C=O) groups excluding carboxylic acids is 1. The first-order valence-corrected chi connectivity index (χ1v) is 11.1. The molecule has 0 aromatic carbocycles. The van der Waals surface area contributed by atoms with Gasteiger partial charge in [-0.1, -0.05) is 13.3 Å². The molecule has 176 valence electrons. The lowest BCUT2D eigenvalue weighted by molar-refractivity contribution is -0.131. The van der Waals surface area contributed by atoms with E-state index in [0.717, 1.165) is 64.0 Å². The number of nitrogens with one attached hydrogen (secondary N) is 2. The third kappa shape index (κ3) is 10.9. The van der Waals surface area contributed by atoms with Crippen LogP contribution in [-0.4, -0.2) is 85.8 Å². The number of guanidine groups is 1. The lowest BCUT2D eigenvalue weighted by Gasteiger charge is -2.34. The van der Waals surface area contributed by atoms with Crippen molar-refractivity contribution in [3.05, 3.63) is 18.5 Å². The molecular formula is C21H38IN7O2. The quantitative estimate of drug-likeness (QED) is 0.179. The number of rotatable bonds is 12. The molecule has 0 unspecified atom stereocenters. The summed E-state index contributed by atoms with van der Waals surface area (Å²) in [6, 6.07) is 1.81. The Labute approximate surface area is 203 Å². The zero-order chi connectivity index (χ0) is 21.4. The maximum atomic E-state index is 12.5. The third-order valence-corrected chi connectivity index (χ3v) is 4.80. The smallest absolute Gasteiger partial charge is 0.225 e. The lowest BCUT2D eigenvalue weighted by Crippen LogP contribution is -2.50. The maximum Gasteiger partial charge on any atom is 0.225 e. The number of amides is 1. The van der Waals surface area contributed by atoms with Gasteiger partial charge < -0.3 is 25.2 Å². The number of aromatic nitrogens is 2. The molecule has 1 aliphatic heterocycles. The number of halogens is 1. The largest absolute Gasteiger partial charge is 0.381 e. The molecule has 9 nitrogen and oxygen atoms in total. The summed E-state index contributed by atoms with van der Waals surface area (Å²) < 4.78 is 5.56. The average molecular weight is 547 g/mol. The zero-order valence-electron chi connectivity index (χ0n) is 18.9. The molecule has 1 saturated heterocycles. The van der Waals surface area contributed by atoms with Crippen LogP contribution < -0.4 is 15.5 Å². The van der Waals surface area contributed by atoms with Crippen LogP contribution >= 0.6 is 24.0 Å². The summed E-state index contributed by atoms with van der Waals surface area (Å²) in [6.07, 6.45) is 7.10. The number of anilines is 1. The van der Waals surface area contributed by atoms with Crippen LogP contribution in [-0.2, 0) is 9.53 Å². The number of carbonyl (C=O) groups is 1. The summed E-state index contributed by atoms with van der Waals surface area (Å²) in [5.41, 5.74) is 0. The Bertz CT molecular complexity index is 625. The Balaban J connectivity index is 0.00000480. The number of ether oxygens (including phenoxy) is 1. The first kappa shape index (κ1) is 27.3. The van der Waals surface area contributed by atoms with E-state index < -0.39 is 0 Å². The fraction of sp³-hybridized carbons (Fsp3) is 0.714. The predicted octanol–water partition coefficient (Wildman–Crippen LogP) is 1.90. The predicted molar refractivity (Wildman–Crippen MR) is 135 cm³/mol. The first-order valence-electron chi connectivity index (χ1n) is 11.1. The number of hydrogen-bond acceptors (Lipinski definition) is 6. The van der Waals surface area contributed by atoms with Gasteiger partial charge in [0.05, 0.1) is 0 Å². The van der Waals surface area contributed by atoms with E-state index in [1.165, 1.54) is 0 Å². The third-order valence-electron chi connectivity index (χ3n) is 4.80. The van der Waals surface area contributed by atoms with Crippen molar-refractivity contribution >= 4 is 41.8 Å². The van der Waals surface area contributed by atoms with Gasteiger partial charge in [0.1, 0.15) is 0 Å². The molecule has 2 rings (SSSR count). The van der Waals surface area contributed by atoms with E-state index in [4.69, 9.17) is 4.74 Å². The van der Waals surface area contributed by atoms with Crippen LogP contribution in [0.25, 0.3) is 0 Å². The highest BCUT2D eigenvalue weighted by Crippen LogP contribution is 2.10. The van der Waals surface area contributed by atoms with Gasteiger partial charge in [0, 0.05) is 77.8 Å². The summed E-state index contributed by atoms with van der Waals surface area (Å²) >= 11 is 0. The van der Waals surface area contributed by atoms with E-state index in [9.17, 15) is 4.79 Å². The topological polar surface area (TPSA) is 95.0 Å². The van der Waals surface area contributed by atoms with Crippen LogP contribution in [0.2, 0.25) is 0 Å². The van der Waals surface area contributed by atoms with E-state index in [0.29, 0.717) is 32.6 Å². The van der Waals surface area contributed by atoms with Gasteiger partial charge in [0.25, 0.3) is 0 Å². The number of nitrogens with zero attached hydrogens (tertiary/aromatic N) is 5.